The van der Waals surface area contributed by atoms with E-state index in [0.717, 1.165) is 35.6 Å². The van der Waals surface area contributed by atoms with Gasteiger partial charge in [-0.25, -0.2) is 0 Å². The lowest BCUT2D eigenvalue weighted by Crippen LogP contribution is -2.44. The molecule has 0 atom stereocenters. The summed E-state index contributed by atoms with van der Waals surface area (Å²) in [6.07, 6.45) is 6.35. The minimum absolute atomic E-state index is 0.203. The van der Waals surface area contributed by atoms with Crippen LogP contribution in [0.3, 0.4) is 0 Å². The van der Waals surface area contributed by atoms with Gasteiger partial charge < -0.3 is 15.2 Å². The zero-order chi connectivity index (χ0) is 20.4. The molecule has 1 heterocycles. The monoisotopic (exact) mass is 409 g/mol. The molecule has 0 amide bonds. The molecule has 1 fully saturated rings. The first-order valence-electron chi connectivity index (χ1n) is 10.2. The second kappa shape index (κ2) is 8.03. The maximum atomic E-state index is 9.96. The average Bonchev–Trinajstić information content (AvgIpc) is 2.70. The van der Waals surface area contributed by atoms with Crippen LogP contribution in [0.2, 0.25) is 0 Å². The second-order valence-electron chi connectivity index (χ2n) is 8.13. The Morgan fingerprint density at radius 2 is 1.86 bits per heavy atom. The number of phenols is 1. The van der Waals surface area contributed by atoms with E-state index in [4.69, 9.17) is 17.0 Å². The first-order chi connectivity index (χ1) is 13.9. The Morgan fingerprint density at radius 3 is 2.62 bits per heavy atom. The first-order valence-corrected chi connectivity index (χ1v) is 10.6. The van der Waals surface area contributed by atoms with Crippen molar-refractivity contribution in [3.8, 4) is 11.5 Å². The lowest BCUT2D eigenvalue weighted by molar-refractivity contribution is 0.0320. The number of hydrogen-bond acceptors (Lipinski definition) is 4. The molecule has 1 aliphatic carbocycles. The summed E-state index contributed by atoms with van der Waals surface area (Å²) in [6, 6.07) is 11.3. The van der Waals surface area contributed by atoms with Gasteiger partial charge in [-0.15, -0.1) is 0 Å². The van der Waals surface area contributed by atoms with Crippen LogP contribution in [0, 0.1) is 13.8 Å². The number of aromatic hydroxyl groups is 1. The number of phenolic OH excluding ortho intramolecular Hbond substituents is 1. The molecule has 152 valence electrons. The van der Waals surface area contributed by atoms with Crippen molar-refractivity contribution < 1.29 is 9.84 Å². The summed E-state index contributed by atoms with van der Waals surface area (Å²) in [6.45, 7) is 4.16. The van der Waals surface area contributed by atoms with Crippen LogP contribution in [-0.4, -0.2) is 21.5 Å². The largest absolute Gasteiger partial charge is 0.508 e. The zero-order valence-electron chi connectivity index (χ0n) is 16.9. The van der Waals surface area contributed by atoms with Crippen LogP contribution in [0.1, 0.15) is 55.2 Å². The van der Waals surface area contributed by atoms with Gasteiger partial charge in [0.15, 0.2) is 5.11 Å². The molecule has 0 aromatic heterocycles. The minimum atomic E-state index is -0.203. The van der Waals surface area contributed by atoms with E-state index in [9.17, 15) is 5.11 Å². The third-order valence-electron chi connectivity index (χ3n) is 5.91. The molecule has 1 saturated carbocycles. The average molecular weight is 410 g/mol. The van der Waals surface area contributed by atoms with Crippen LogP contribution in [0.4, 0.5) is 5.69 Å². The van der Waals surface area contributed by atoms with Crippen molar-refractivity contribution in [2.45, 2.75) is 58.0 Å². The Kier molecular flexibility index (Phi) is 5.46. The fourth-order valence-electron chi connectivity index (χ4n) is 4.17. The van der Waals surface area contributed by atoms with Crippen molar-refractivity contribution in [1.29, 1.82) is 0 Å². The third kappa shape index (κ3) is 4.37. The minimum Gasteiger partial charge on any atom is -0.508 e. The Hall–Kier alpha value is -2.60. The van der Waals surface area contributed by atoms with E-state index in [1.54, 1.807) is 12.1 Å². The molecule has 2 aromatic rings. The molecule has 0 unspecified atom stereocenters. The molecule has 2 aliphatic rings. The molecule has 5 nitrogen and oxygen atoms in total. The van der Waals surface area contributed by atoms with Crippen LogP contribution in [0.15, 0.2) is 41.5 Å². The SMILES string of the molecule is Cc1ccc(NC(=S)N/N=C2/CC3(CCCCC3)Oc3ccc(O)cc32)cc1C. The lowest BCUT2D eigenvalue weighted by Gasteiger charge is -2.41. The maximum Gasteiger partial charge on any atom is 0.191 e. The summed E-state index contributed by atoms with van der Waals surface area (Å²) in [4.78, 5) is 0. The van der Waals surface area contributed by atoms with Gasteiger partial charge in [-0.05, 0) is 93.2 Å². The van der Waals surface area contributed by atoms with Crippen molar-refractivity contribution in [2.24, 2.45) is 5.10 Å². The number of nitrogens with one attached hydrogen (secondary N) is 2. The van der Waals surface area contributed by atoms with E-state index in [-0.39, 0.29) is 11.4 Å². The normalized spacial score (nSPS) is 18.8. The van der Waals surface area contributed by atoms with E-state index in [1.165, 1.54) is 30.4 Å². The molecule has 3 N–H and O–H groups in total. The highest BCUT2D eigenvalue weighted by Crippen LogP contribution is 2.42. The zero-order valence-corrected chi connectivity index (χ0v) is 17.7. The molecule has 0 radical (unpaired) electrons. The van der Waals surface area contributed by atoms with Crippen LogP contribution < -0.4 is 15.5 Å². The second-order valence-corrected chi connectivity index (χ2v) is 8.53. The van der Waals surface area contributed by atoms with Crippen molar-refractivity contribution in [3.05, 3.63) is 53.1 Å². The number of hydrogen-bond donors (Lipinski definition) is 3. The van der Waals surface area contributed by atoms with Crippen molar-refractivity contribution in [2.75, 3.05) is 5.32 Å². The number of thiocarbonyl (C=S) groups is 1. The molecule has 2 aromatic carbocycles. The molecule has 1 spiro atoms. The van der Waals surface area contributed by atoms with Crippen molar-refractivity contribution in [3.63, 3.8) is 0 Å². The van der Waals surface area contributed by atoms with Gasteiger partial charge >= 0.3 is 0 Å². The van der Waals surface area contributed by atoms with Crippen LogP contribution >= 0.6 is 12.2 Å². The summed E-state index contributed by atoms with van der Waals surface area (Å²) >= 11 is 5.44. The number of benzene rings is 2. The predicted molar refractivity (Wildman–Crippen MR) is 121 cm³/mol. The Labute approximate surface area is 177 Å². The van der Waals surface area contributed by atoms with E-state index < -0.39 is 0 Å². The topological polar surface area (TPSA) is 65.9 Å². The van der Waals surface area contributed by atoms with Crippen molar-refractivity contribution in [1.82, 2.24) is 5.43 Å². The van der Waals surface area contributed by atoms with Gasteiger partial charge in [0.25, 0.3) is 0 Å². The molecule has 0 bridgehead atoms. The van der Waals surface area contributed by atoms with Gasteiger partial charge in [-0.2, -0.15) is 5.10 Å². The fraction of sp³-hybridized carbons (Fsp3) is 0.391. The highest BCUT2D eigenvalue weighted by Gasteiger charge is 2.40. The number of nitrogens with zero attached hydrogens (tertiary/aromatic N) is 1. The fourth-order valence-corrected chi connectivity index (χ4v) is 4.34. The highest BCUT2D eigenvalue weighted by molar-refractivity contribution is 7.80. The Bertz CT molecular complexity index is 965. The number of hydrazone groups is 1. The van der Waals surface area contributed by atoms with Crippen LogP contribution in [0.25, 0.3) is 0 Å². The molecule has 6 heteroatoms. The Morgan fingerprint density at radius 1 is 1.07 bits per heavy atom. The first kappa shape index (κ1) is 19.7. The van der Waals surface area contributed by atoms with Crippen molar-refractivity contribution >= 4 is 28.7 Å². The van der Waals surface area contributed by atoms with Gasteiger partial charge in [-0.1, -0.05) is 12.5 Å². The van der Waals surface area contributed by atoms with Crippen LogP contribution in [0.5, 0.6) is 11.5 Å². The smallest absolute Gasteiger partial charge is 0.191 e. The Balaban J connectivity index is 1.55. The third-order valence-corrected chi connectivity index (χ3v) is 6.11. The standard InChI is InChI=1S/C23H27N3O2S/c1-15-6-7-17(12-16(15)2)24-22(29)26-25-20-14-23(10-4-3-5-11-23)28-21-9-8-18(27)13-19(20)21/h6-9,12-13,27H,3-5,10-11,14H2,1-2H3,(H2,24,26,29)/b25-20-. The quantitative estimate of drug-likeness (QED) is 0.471. The molecular weight excluding hydrogens is 382 g/mol. The number of rotatable bonds is 2. The van der Waals surface area contributed by atoms with Gasteiger partial charge in [0.1, 0.15) is 17.1 Å². The number of aryl methyl sites for hydroxylation is 2. The number of fused-ring (bicyclic) bond motifs is 1. The maximum absolute atomic E-state index is 9.96. The number of anilines is 1. The number of ether oxygens (including phenoxy) is 1. The lowest BCUT2D eigenvalue weighted by atomic mass is 9.78. The molecule has 1 aliphatic heterocycles. The van der Waals surface area contributed by atoms with Gasteiger partial charge in [0, 0.05) is 17.7 Å². The van der Waals surface area contributed by atoms with E-state index >= 15 is 0 Å². The molecule has 0 saturated heterocycles. The molecule has 4 rings (SSSR count). The summed E-state index contributed by atoms with van der Waals surface area (Å²) in [7, 11) is 0. The summed E-state index contributed by atoms with van der Waals surface area (Å²) in [5.74, 6) is 0.986. The summed E-state index contributed by atoms with van der Waals surface area (Å²) in [5.41, 5.74) is 7.85. The van der Waals surface area contributed by atoms with Gasteiger partial charge in [0.2, 0.25) is 0 Å². The van der Waals surface area contributed by atoms with Gasteiger partial charge in [-0.3, -0.25) is 5.43 Å². The predicted octanol–water partition coefficient (Wildman–Crippen LogP) is 5.19. The molecule has 29 heavy (non-hydrogen) atoms. The summed E-state index contributed by atoms with van der Waals surface area (Å²) in [5, 5.41) is 18.2. The van der Waals surface area contributed by atoms with E-state index in [2.05, 4.69) is 41.8 Å². The highest BCUT2D eigenvalue weighted by atomic mass is 32.1. The van der Waals surface area contributed by atoms with Gasteiger partial charge in [0.05, 0.1) is 5.71 Å². The summed E-state index contributed by atoms with van der Waals surface area (Å²) < 4.78 is 6.40. The van der Waals surface area contributed by atoms with Crippen LogP contribution in [-0.2, 0) is 0 Å². The van der Waals surface area contributed by atoms with E-state index in [1.807, 2.05) is 12.1 Å². The van der Waals surface area contributed by atoms with E-state index in [0.29, 0.717) is 11.5 Å². The molecular formula is C23H27N3O2S.